The topological polar surface area (TPSA) is 65.2 Å². The fraction of sp³-hybridized carbons (Fsp3) is 0.647. The van der Waals surface area contributed by atoms with Crippen molar-refractivity contribution in [3.8, 4) is 0 Å². The molecule has 0 aliphatic heterocycles. The van der Waals surface area contributed by atoms with Gasteiger partial charge in [0.1, 0.15) is 6.10 Å². The molecule has 4 nitrogen and oxygen atoms in total. The van der Waals surface area contributed by atoms with Crippen LogP contribution in [0.5, 0.6) is 0 Å². The van der Waals surface area contributed by atoms with E-state index in [1.165, 1.54) is 6.42 Å². The highest BCUT2D eigenvalue weighted by atomic mass is 16.5. The zero-order chi connectivity index (χ0) is 15.6. The number of aromatic nitrogens is 1. The van der Waals surface area contributed by atoms with E-state index in [0.29, 0.717) is 34.7 Å². The van der Waals surface area contributed by atoms with Gasteiger partial charge in [-0.15, -0.1) is 0 Å². The fourth-order valence-electron chi connectivity index (χ4n) is 3.21. The van der Waals surface area contributed by atoms with E-state index in [1.54, 1.807) is 19.2 Å². The van der Waals surface area contributed by atoms with Gasteiger partial charge < -0.3 is 10.5 Å². The van der Waals surface area contributed by atoms with Crippen molar-refractivity contribution in [2.24, 2.45) is 17.8 Å². The molecule has 1 heterocycles. The molecule has 1 aliphatic carbocycles. The van der Waals surface area contributed by atoms with Crippen LogP contribution in [0.1, 0.15) is 56.1 Å². The number of pyridine rings is 1. The number of rotatable bonds is 3. The van der Waals surface area contributed by atoms with Gasteiger partial charge in [0.05, 0.1) is 23.1 Å². The summed E-state index contributed by atoms with van der Waals surface area (Å²) in [7, 11) is 0. The zero-order valence-corrected chi connectivity index (χ0v) is 13.4. The second-order valence-electron chi connectivity index (χ2n) is 6.67. The van der Waals surface area contributed by atoms with Crippen LogP contribution in [0.3, 0.4) is 0 Å². The molecular formula is C17H26N2O2. The van der Waals surface area contributed by atoms with Crippen molar-refractivity contribution in [1.82, 2.24) is 4.98 Å². The molecule has 21 heavy (non-hydrogen) atoms. The Hall–Kier alpha value is -1.58. The van der Waals surface area contributed by atoms with Crippen molar-refractivity contribution >= 4 is 11.7 Å². The molecule has 2 rings (SSSR count). The maximum Gasteiger partial charge on any atom is 0.340 e. The quantitative estimate of drug-likeness (QED) is 0.864. The van der Waals surface area contributed by atoms with Crippen LogP contribution in [0.15, 0.2) is 12.3 Å². The summed E-state index contributed by atoms with van der Waals surface area (Å²) in [5, 5.41) is 0. The maximum atomic E-state index is 12.4. The third-order valence-electron chi connectivity index (χ3n) is 4.55. The molecule has 1 saturated carbocycles. The van der Waals surface area contributed by atoms with Crippen molar-refractivity contribution in [1.29, 1.82) is 0 Å². The Kier molecular flexibility index (Phi) is 4.86. The number of nitrogens with zero attached hydrogens (tertiary/aromatic N) is 1. The molecule has 3 atom stereocenters. The summed E-state index contributed by atoms with van der Waals surface area (Å²) in [5.41, 5.74) is 7.36. The minimum absolute atomic E-state index is 0.00193. The monoisotopic (exact) mass is 290 g/mol. The molecule has 0 radical (unpaired) electrons. The fourth-order valence-corrected chi connectivity index (χ4v) is 3.21. The summed E-state index contributed by atoms with van der Waals surface area (Å²) in [6.45, 7) is 8.44. The van der Waals surface area contributed by atoms with Gasteiger partial charge in [-0.25, -0.2) is 4.79 Å². The van der Waals surface area contributed by atoms with E-state index in [4.69, 9.17) is 10.5 Å². The number of hydrogen-bond donors (Lipinski definition) is 1. The van der Waals surface area contributed by atoms with Gasteiger partial charge in [-0.05, 0) is 43.6 Å². The summed E-state index contributed by atoms with van der Waals surface area (Å²) in [4.78, 5) is 16.6. The largest absolute Gasteiger partial charge is 0.458 e. The number of carbonyl (C=O) groups is 1. The van der Waals surface area contributed by atoms with Crippen LogP contribution in [-0.4, -0.2) is 17.1 Å². The van der Waals surface area contributed by atoms with E-state index in [-0.39, 0.29) is 12.1 Å². The summed E-state index contributed by atoms with van der Waals surface area (Å²) in [6.07, 6.45) is 4.86. The maximum absolute atomic E-state index is 12.4. The summed E-state index contributed by atoms with van der Waals surface area (Å²) in [6, 6.07) is 1.65. The number of ether oxygens (including phenoxy) is 1. The smallest absolute Gasteiger partial charge is 0.340 e. The lowest BCUT2D eigenvalue weighted by Gasteiger charge is -2.36. The molecule has 2 N–H and O–H groups in total. The molecule has 0 bridgehead atoms. The highest BCUT2D eigenvalue weighted by molar-refractivity contribution is 5.91. The van der Waals surface area contributed by atoms with E-state index in [2.05, 4.69) is 25.8 Å². The van der Waals surface area contributed by atoms with Crippen molar-refractivity contribution in [2.45, 2.75) is 53.1 Å². The Morgan fingerprint density at radius 1 is 1.43 bits per heavy atom. The number of nitrogen functional groups attached to an aromatic ring is 1. The molecule has 0 spiro atoms. The van der Waals surface area contributed by atoms with Crippen molar-refractivity contribution in [2.75, 3.05) is 5.73 Å². The van der Waals surface area contributed by atoms with E-state index in [0.717, 1.165) is 12.8 Å². The van der Waals surface area contributed by atoms with Crippen molar-refractivity contribution in [3.63, 3.8) is 0 Å². The van der Waals surface area contributed by atoms with Crippen LogP contribution < -0.4 is 5.73 Å². The molecule has 0 amide bonds. The lowest BCUT2D eigenvalue weighted by atomic mass is 9.75. The van der Waals surface area contributed by atoms with Crippen LogP contribution >= 0.6 is 0 Å². The Morgan fingerprint density at radius 3 is 2.81 bits per heavy atom. The molecule has 0 aromatic carbocycles. The SMILES string of the molecule is Cc1ncc(N)cc1C(=O)OC1CC(C)CCC1C(C)C. The average Bonchev–Trinajstić information content (AvgIpc) is 2.41. The molecule has 116 valence electrons. The highest BCUT2D eigenvalue weighted by Crippen LogP contribution is 2.35. The van der Waals surface area contributed by atoms with E-state index < -0.39 is 0 Å². The molecule has 1 aromatic rings. The first-order valence-electron chi connectivity index (χ1n) is 7.81. The van der Waals surface area contributed by atoms with Crippen LogP contribution in [0, 0.1) is 24.7 Å². The van der Waals surface area contributed by atoms with Gasteiger partial charge >= 0.3 is 5.97 Å². The van der Waals surface area contributed by atoms with Crippen LogP contribution in [-0.2, 0) is 4.74 Å². The van der Waals surface area contributed by atoms with Gasteiger partial charge in [0.25, 0.3) is 0 Å². The zero-order valence-electron chi connectivity index (χ0n) is 13.4. The molecule has 3 unspecified atom stereocenters. The van der Waals surface area contributed by atoms with Crippen molar-refractivity contribution < 1.29 is 9.53 Å². The molecule has 1 aromatic heterocycles. The second-order valence-corrected chi connectivity index (χ2v) is 6.67. The Labute approximate surface area is 127 Å². The van der Waals surface area contributed by atoms with Crippen LogP contribution in [0.2, 0.25) is 0 Å². The van der Waals surface area contributed by atoms with Gasteiger partial charge in [-0.3, -0.25) is 4.98 Å². The standard InChI is InChI=1S/C17H26N2O2/c1-10(2)14-6-5-11(3)7-16(14)21-17(20)15-8-13(18)9-19-12(15)4/h8-11,14,16H,5-7,18H2,1-4H3. The minimum atomic E-state index is -0.294. The van der Waals surface area contributed by atoms with Gasteiger partial charge in [0, 0.05) is 0 Å². The third kappa shape index (κ3) is 3.74. The lowest BCUT2D eigenvalue weighted by molar-refractivity contribution is -0.0175. The summed E-state index contributed by atoms with van der Waals surface area (Å²) >= 11 is 0. The van der Waals surface area contributed by atoms with Crippen LogP contribution in [0.4, 0.5) is 5.69 Å². The first-order chi connectivity index (χ1) is 9.88. The van der Waals surface area contributed by atoms with Crippen LogP contribution in [0.25, 0.3) is 0 Å². The molecular weight excluding hydrogens is 264 g/mol. The lowest BCUT2D eigenvalue weighted by Crippen LogP contribution is -2.36. The average molecular weight is 290 g/mol. The van der Waals surface area contributed by atoms with E-state index in [9.17, 15) is 4.79 Å². The molecule has 1 fully saturated rings. The molecule has 0 saturated heterocycles. The number of anilines is 1. The van der Waals surface area contributed by atoms with Gasteiger partial charge in [0.15, 0.2) is 0 Å². The number of esters is 1. The first-order valence-corrected chi connectivity index (χ1v) is 7.81. The van der Waals surface area contributed by atoms with Gasteiger partial charge in [-0.1, -0.05) is 27.2 Å². The summed E-state index contributed by atoms with van der Waals surface area (Å²) in [5.74, 6) is 1.28. The predicted octanol–water partition coefficient (Wildman–Crippen LogP) is 3.59. The predicted molar refractivity (Wildman–Crippen MR) is 83.9 cm³/mol. The van der Waals surface area contributed by atoms with Gasteiger partial charge in [-0.2, -0.15) is 0 Å². The van der Waals surface area contributed by atoms with E-state index in [1.807, 2.05) is 0 Å². The number of hydrogen-bond acceptors (Lipinski definition) is 4. The first kappa shape index (κ1) is 15.8. The molecule has 1 aliphatic rings. The summed E-state index contributed by atoms with van der Waals surface area (Å²) < 4.78 is 5.82. The van der Waals surface area contributed by atoms with Gasteiger partial charge in [0.2, 0.25) is 0 Å². The Morgan fingerprint density at radius 2 is 2.14 bits per heavy atom. The number of carbonyl (C=O) groups excluding carboxylic acids is 1. The number of aryl methyl sites for hydroxylation is 1. The second kappa shape index (κ2) is 6.46. The van der Waals surface area contributed by atoms with Crippen molar-refractivity contribution in [3.05, 3.63) is 23.5 Å². The molecule has 4 heteroatoms. The Balaban J connectivity index is 2.14. The van der Waals surface area contributed by atoms with E-state index >= 15 is 0 Å². The minimum Gasteiger partial charge on any atom is -0.458 e. The number of nitrogens with two attached hydrogens (primary N) is 1. The normalized spacial score (nSPS) is 25.9. The highest BCUT2D eigenvalue weighted by Gasteiger charge is 2.33. The third-order valence-corrected chi connectivity index (χ3v) is 4.55. The Bertz CT molecular complexity index is 514.